The molecule has 3 atom stereocenters. The highest BCUT2D eigenvalue weighted by Gasteiger charge is 2.54. The van der Waals surface area contributed by atoms with Gasteiger partial charge in [-0.2, -0.15) is 4.31 Å². The number of hydrogen-bond donors (Lipinski definition) is 3. The van der Waals surface area contributed by atoms with Crippen LogP contribution in [-0.2, 0) is 26.0 Å². The number of nitrogens with one attached hydrogen (secondary N) is 2. The van der Waals surface area contributed by atoms with Crippen LogP contribution in [0.25, 0.3) is 0 Å². The predicted octanol–water partition coefficient (Wildman–Crippen LogP) is 5.55. The zero-order valence-electron chi connectivity index (χ0n) is 22.8. The number of pyridine rings is 1. The highest BCUT2D eigenvalue weighted by Crippen LogP contribution is 2.40. The highest BCUT2D eigenvalue weighted by atomic mass is 35.5. The number of hydrogen-bond acceptors (Lipinski definition) is 6. The molecule has 1 aromatic heterocycles. The summed E-state index contributed by atoms with van der Waals surface area (Å²) in [5.41, 5.74) is -0.609. The van der Waals surface area contributed by atoms with E-state index in [2.05, 4.69) is 15.6 Å². The molecule has 1 aliphatic heterocycles. The second-order valence-corrected chi connectivity index (χ2v) is 13.8. The van der Waals surface area contributed by atoms with E-state index < -0.39 is 45.3 Å². The van der Waals surface area contributed by atoms with Crippen molar-refractivity contribution >= 4 is 79.9 Å². The number of anilines is 1. The first-order valence-electron chi connectivity index (χ1n) is 12.9. The quantitative estimate of drug-likeness (QED) is 0.267. The molecule has 2 aromatic carbocycles. The van der Waals surface area contributed by atoms with Crippen LogP contribution in [0.3, 0.4) is 0 Å². The molecule has 2 heterocycles. The van der Waals surface area contributed by atoms with Crippen molar-refractivity contribution in [2.75, 3.05) is 11.9 Å². The second kappa shape index (κ2) is 13.0. The van der Waals surface area contributed by atoms with Gasteiger partial charge in [0.2, 0.25) is 15.9 Å². The van der Waals surface area contributed by atoms with E-state index in [9.17, 15) is 27.9 Å². The van der Waals surface area contributed by atoms with E-state index in [4.69, 9.17) is 46.4 Å². The number of carbonyl (C=O) groups is 3. The van der Waals surface area contributed by atoms with Crippen molar-refractivity contribution < 1.29 is 27.9 Å². The van der Waals surface area contributed by atoms with Gasteiger partial charge in [-0.15, -0.1) is 0 Å². The summed E-state index contributed by atoms with van der Waals surface area (Å²) < 4.78 is 28.3. The van der Waals surface area contributed by atoms with Crippen molar-refractivity contribution in [1.29, 1.82) is 0 Å². The Hall–Kier alpha value is -2.93. The van der Waals surface area contributed by atoms with Crippen LogP contribution >= 0.6 is 46.4 Å². The van der Waals surface area contributed by atoms with Gasteiger partial charge in [0.15, 0.2) is 0 Å². The van der Waals surface area contributed by atoms with Gasteiger partial charge in [-0.05, 0) is 55.2 Å². The van der Waals surface area contributed by atoms with Crippen molar-refractivity contribution in [1.82, 2.24) is 14.6 Å². The summed E-state index contributed by atoms with van der Waals surface area (Å²) in [6, 6.07) is 8.80. The van der Waals surface area contributed by atoms with Gasteiger partial charge < -0.3 is 15.7 Å². The lowest BCUT2D eigenvalue weighted by Crippen LogP contribution is -2.60. The normalized spacial score (nSPS) is 19.5. The van der Waals surface area contributed by atoms with Crippen LogP contribution in [0, 0.1) is 5.92 Å². The van der Waals surface area contributed by atoms with Crippen molar-refractivity contribution in [2.45, 2.75) is 43.2 Å². The molecule has 228 valence electrons. The van der Waals surface area contributed by atoms with Crippen molar-refractivity contribution in [2.24, 2.45) is 5.92 Å². The molecule has 0 radical (unpaired) electrons. The molecule has 1 saturated heterocycles. The number of carboxylic acid groups (broad SMARTS) is 1. The predicted molar refractivity (Wildman–Crippen MR) is 164 cm³/mol. The number of sulfonamides is 1. The number of halogens is 4. The van der Waals surface area contributed by atoms with E-state index in [0.717, 1.165) is 4.31 Å². The maximum Gasteiger partial charge on any atom is 0.326 e. The fourth-order valence-corrected chi connectivity index (χ4v) is 7.97. The maximum atomic E-state index is 13.7. The maximum absolute atomic E-state index is 13.7. The van der Waals surface area contributed by atoms with Crippen molar-refractivity contribution in [3.05, 3.63) is 86.1 Å². The van der Waals surface area contributed by atoms with E-state index in [-0.39, 0.29) is 43.5 Å². The molecule has 0 saturated carbocycles. The third kappa shape index (κ3) is 6.92. The average molecular weight is 688 g/mol. The molecule has 0 bridgehead atoms. The van der Waals surface area contributed by atoms with Crippen LogP contribution in [-0.4, -0.2) is 58.7 Å². The molecule has 3 aromatic rings. The van der Waals surface area contributed by atoms with Gasteiger partial charge in [-0.25, -0.2) is 13.2 Å². The number of nitrogens with zero attached hydrogens (tertiary/aromatic N) is 2. The second-order valence-electron chi connectivity index (χ2n) is 10.2. The fraction of sp³-hybridized carbons (Fsp3) is 0.286. The van der Waals surface area contributed by atoms with Gasteiger partial charge in [0, 0.05) is 41.1 Å². The smallest absolute Gasteiger partial charge is 0.326 e. The number of aromatic nitrogens is 1. The first kappa shape index (κ1) is 33.0. The molecule has 1 fully saturated rings. The third-order valence-electron chi connectivity index (χ3n) is 7.46. The Labute approximate surface area is 268 Å². The van der Waals surface area contributed by atoms with Gasteiger partial charge in [-0.3, -0.25) is 14.6 Å². The lowest BCUT2D eigenvalue weighted by Gasteiger charge is -2.36. The first-order chi connectivity index (χ1) is 20.1. The van der Waals surface area contributed by atoms with Gasteiger partial charge in [0.25, 0.3) is 5.91 Å². The molecule has 2 amide bonds. The Bertz CT molecular complexity index is 1650. The Morgan fingerprint density at radius 1 is 1.05 bits per heavy atom. The van der Waals surface area contributed by atoms with Crippen LogP contribution in [0.4, 0.5) is 5.69 Å². The first-order valence-corrected chi connectivity index (χ1v) is 15.8. The lowest BCUT2D eigenvalue weighted by atomic mass is 9.87. The lowest BCUT2D eigenvalue weighted by molar-refractivity contribution is -0.143. The minimum atomic E-state index is -4.22. The van der Waals surface area contributed by atoms with E-state index in [1.807, 2.05) is 0 Å². The number of rotatable bonds is 9. The zero-order valence-corrected chi connectivity index (χ0v) is 26.6. The molecular formula is C28H26Cl4N4O6S. The SMILES string of the molecule is C[C@H]1CCN(S(=O)(=O)c2cc(Cl)cc(Cl)c2)C1(C)C(=O)N[C@@H](Cc1ccc(NC(=O)c2c(Cl)cncc2Cl)cc1)C(=O)O. The molecule has 10 nitrogen and oxygen atoms in total. The third-order valence-corrected chi connectivity index (χ3v) is 10.4. The standard InChI is InChI=1S/C28H26Cl4N4O6S/c1-15-7-8-36(43(41,42)20-11-17(29)10-18(30)12-20)28(15,2)27(40)35-23(26(38)39)9-16-3-5-19(6-4-16)34-25(37)24-21(31)13-33-14-22(24)32/h3-6,10-15,23H,7-9H2,1-2H3,(H,34,37)(H,35,40)(H,38,39)/t15-,23-,28?/m0/s1. The summed E-state index contributed by atoms with van der Waals surface area (Å²) in [6.07, 6.45) is 2.84. The van der Waals surface area contributed by atoms with E-state index in [0.29, 0.717) is 17.7 Å². The molecule has 4 rings (SSSR count). The summed E-state index contributed by atoms with van der Waals surface area (Å²) in [6.45, 7) is 3.24. The minimum absolute atomic E-state index is 0.0401. The summed E-state index contributed by atoms with van der Waals surface area (Å²) in [4.78, 5) is 42.1. The Balaban J connectivity index is 1.51. The Morgan fingerprint density at radius 2 is 1.63 bits per heavy atom. The Morgan fingerprint density at radius 3 is 2.19 bits per heavy atom. The van der Waals surface area contributed by atoms with Crippen LogP contribution in [0.15, 0.2) is 59.8 Å². The monoisotopic (exact) mass is 686 g/mol. The van der Waals surface area contributed by atoms with Crippen LogP contribution in [0.2, 0.25) is 20.1 Å². The minimum Gasteiger partial charge on any atom is -0.480 e. The number of aliphatic carboxylic acids is 1. The van der Waals surface area contributed by atoms with Gasteiger partial charge in [0.1, 0.15) is 11.6 Å². The van der Waals surface area contributed by atoms with Crippen LogP contribution in [0.1, 0.15) is 36.2 Å². The summed E-state index contributed by atoms with van der Waals surface area (Å²) in [7, 11) is -4.22. The van der Waals surface area contributed by atoms with E-state index in [1.165, 1.54) is 37.5 Å². The number of carboxylic acids is 1. The molecule has 1 unspecified atom stereocenters. The molecule has 0 spiro atoms. The molecule has 43 heavy (non-hydrogen) atoms. The molecule has 15 heteroatoms. The molecular weight excluding hydrogens is 662 g/mol. The van der Waals surface area contributed by atoms with Crippen LogP contribution in [0.5, 0.6) is 0 Å². The average Bonchev–Trinajstić information content (AvgIpc) is 3.24. The number of benzene rings is 2. The number of carbonyl (C=O) groups excluding carboxylic acids is 2. The van der Waals surface area contributed by atoms with Gasteiger partial charge in [-0.1, -0.05) is 65.5 Å². The highest BCUT2D eigenvalue weighted by molar-refractivity contribution is 7.89. The van der Waals surface area contributed by atoms with Crippen molar-refractivity contribution in [3.63, 3.8) is 0 Å². The van der Waals surface area contributed by atoms with Crippen molar-refractivity contribution in [3.8, 4) is 0 Å². The summed E-state index contributed by atoms with van der Waals surface area (Å²) in [5, 5.41) is 15.5. The summed E-state index contributed by atoms with van der Waals surface area (Å²) >= 11 is 24.2. The number of amides is 2. The fourth-order valence-electron chi connectivity index (χ4n) is 4.87. The zero-order chi connectivity index (χ0) is 31.7. The molecule has 1 aliphatic rings. The van der Waals surface area contributed by atoms with E-state index >= 15 is 0 Å². The van der Waals surface area contributed by atoms with Gasteiger partial charge in [0.05, 0.1) is 20.5 Å². The topological polar surface area (TPSA) is 146 Å². The van der Waals surface area contributed by atoms with Gasteiger partial charge >= 0.3 is 5.97 Å². The molecule has 0 aliphatic carbocycles. The van der Waals surface area contributed by atoms with E-state index in [1.54, 1.807) is 31.2 Å². The summed E-state index contributed by atoms with van der Waals surface area (Å²) in [5.74, 6) is -3.05. The largest absolute Gasteiger partial charge is 0.480 e. The molecule has 3 N–H and O–H groups in total. The Kier molecular flexibility index (Phi) is 9.95. The van der Waals surface area contributed by atoms with Crippen LogP contribution < -0.4 is 10.6 Å².